The number of thiophene rings is 1. The third-order valence-electron chi connectivity index (χ3n) is 6.76. The standard InChI is InChI=1S/C29H24O2S/c1-2-31-29(30)20-11-10-19-16-28(32-27(19)17-20)26-9-5-8-22-24-13-12-18-6-3-4-7-21(18)23(24)14-15-25(22)26/h3-4,6-7,10-17,26H,2,5,8-9H2,1H3. The summed E-state index contributed by atoms with van der Waals surface area (Å²) in [4.78, 5) is 13.6. The molecule has 1 aliphatic carbocycles. The Kier molecular flexibility index (Phi) is 4.73. The van der Waals surface area contributed by atoms with Crippen LogP contribution in [0.5, 0.6) is 0 Å². The summed E-state index contributed by atoms with van der Waals surface area (Å²) in [5.41, 5.74) is 3.61. The Bertz CT molecular complexity index is 1490. The van der Waals surface area contributed by atoms with Gasteiger partial charge in [-0.2, -0.15) is 0 Å². The fourth-order valence-electron chi connectivity index (χ4n) is 5.27. The van der Waals surface area contributed by atoms with Gasteiger partial charge in [-0.3, -0.25) is 0 Å². The van der Waals surface area contributed by atoms with E-state index < -0.39 is 0 Å². The van der Waals surface area contributed by atoms with Gasteiger partial charge in [-0.05, 0) is 82.4 Å². The van der Waals surface area contributed by atoms with Gasteiger partial charge in [-0.1, -0.05) is 54.6 Å². The highest BCUT2D eigenvalue weighted by molar-refractivity contribution is 7.19. The summed E-state index contributed by atoms with van der Waals surface area (Å²) in [6.45, 7) is 2.24. The molecule has 4 aromatic carbocycles. The maximum atomic E-state index is 12.2. The zero-order valence-electron chi connectivity index (χ0n) is 18.1. The molecule has 5 aromatic rings. The van der Waals surface area contributed by atoms with Crippen molar-refractivity contribution in [1.82, 2.24) is 0 Å². The monoisotopic (exact) mass is 436 g/mol. The van der Waals surface area contributed by atoms with Gasteiger partial charge >= 0.3 is 5.97 Å². The average Bonchev–Trinajstić information content (AvgIpc) is 3.26. The van der Waals surface area contributed by atoms with Crippen LogP contribution in [0.1, 0.15) is 52.0 Å². The molecule has 6 rings (SSSR count). The molecule has 0 N–H and O–H groups in total. The quantitative estimate of drug-likeness (QED) is 0.213. The Hall–Kier alpha value is -3.17. The molecule has 0 aliphatic heterocycles. The van der Waals surface area contributed by atoms with Crippen molar-refractivity contribution in [3.8, 4) is 0 Å². The van der Waals surface area contributed by atoms with Gasteiger partial charge in [-0.15, -0.1) is 11.3 Å². The van der Waals surface area contributed by atoms with E-state index in [1.165, 1.54) is 55.8 Å². The summed E-state index contributed by atoms with van der Waals surface area (Å²) in [6.07, 6.45) is 3.51. The molecule has 0 spiro atoms. The molecular weight excluding hydrogens is 412 g/mol. The van der Waals surface area contributed by atoms with Crippen LogP contribution in [0.3, 0.4) is 0 Å². The number of fused-ring (bicyclic) bond motifs is 6. The number of esters is 1. The normalized spacial score (nSPS) is 15.8. The molecule has 0 fully saturated rings. The molecule has 0 saturated heterocycles. The molecule has 158 valence electrons. The third-order valence-corrected chi connectivity index (χ3v) is 7.97. The SMILES string of the molecule is CCOC(=O)c1ccc2cc(C3CCCc4c3ccc3c4ccc4ccccc43)sc2c1. The molecular formula is C29H24O2S. The van der Waals surface area contributed by atoms with Crippen molar-refractivity contribution < 1.29 is 9.53 Å². The van der Waals surface area contributed by atoms with E-state index in [4.69, 9.17) is 4.74 Å². The van der Waals surface area contributed by atoms with Crippen molar-refractivity contribution in [2.45, 2.75) is 32.1 Å². The summed E-state index contributed by atoms with van der Waals surface area (Å²) < 4.78 is 6.34. The van der Waals surface area contributed by atoms with Crippen molar-refractivity contribution >= 4 is 48.9 Å². The van der Waals surface area contributed by atoms with Gasteiger partial charge < -0.3 is 4.74 Å². The molecule has 1 aromatic heterocycles. The van der Waals surface area contributed by atoms with Crippen LogP contribution in [-0.4, -0.2) is 12.6 Å². The van der Waals surface area contributed by atoms with Crippen molar-refractivity contribution in [1.29, 1.82) is 0 Å². The van der Waals surface area contributed by atoms with Gasteiger partial charge in [-0.25, -0.2) is 4.79 Å². The fraction of sp³-hybridized carbons (Fsp3) is 0.207. The zero-order valence-corrected chi connectivity index (χ0v) is 18.9. The van der Waals surface area contributed by atoms with Crippen LogP contribution >= 0.6 is 11.3 Å². The Labute approximate surface area is 191 Å². The number of aryl methyl sites for hydroxylation is 1. The largest absolute Gasteiger partial charge is 0.462 e. The van der Waals surface area contributed by atoms with Crippen molar-refractivity contribution in [2.24, 2.45) is 0 Å². The number of hydrogen-bond donors (Lipinski definition) is 0. The topological polar surface area (TPSA) is 26.3 Å². The average molecular weight is 437 g/mol. The van der Waals surface area contributed by atoms with Gasteiger partial charge in [0.1, 0.15) is 0 Å². The molecule has 1 unspecified atom stereocenters. The van der Waals surface area contributed by atoms with Crippen LogP contribution in [0.25, 0.3) is 31.6 Å². The van der Waals surface area contributed by atoms with Gasteiger partial charge in [0.05, 0.1) is 12.2 Å². The number of carbonyl (C=O) groups excluding carboxylic acids is 1. The third kappa shape index (κ3) is 3.11. The lowest BCUT2D eigenvalue weighted by atomic mass is 9.79. The van der Waals surface area contributed by atoms with Crippen molar-refractivity contribution in [3.05, 3.63) is 94.4 Å². The van der Waals surface area contributed by atoms with E-state index >= 15 is 0 Å². The first-order valence-electron chi connectivity index (χ1n) is 11.4. The van der Waals surface area contributed by atoms with Gasteiger partial charge in [0, 0.05) is 15.5 Å². The summed E-state index contributed by atoms with van der Waals surface area (Å²) >= 11 is 1.82. The molecule has 3 heteroatoms. The van der Waals surface area contributed by atoms with Crippen LogP contribution in [0.4, 0.5) is 0 Å². The summed E-state index contributed by atoms with van der Waals surface area (Å²) in [5, 5.41) is 6.60. The van der Waals surface area contributed by atoms with Crippen LogP contribution < -0.4 is 0 Å². The first-order chi connectivity index (χ1) is 15.7. The highest BCUT2D eigenvalue weighted by atomic mass is 32.1. The van der Waals surface area contributed by atoms with Crippen LogP contribution in [-0.2, 0) is 11.2 Å². The van der Waals surface area contributed by atoms with Gasteiger partial charge in [0.2, 0.25) is 0 Å². The summed E-state index contributed by atoms with van der Waals surface area (Å²) in [7, 11) is 0. The lowest BCUT2D eigenvalue weighted by Crippen LogP contribution is -2.10. The molecule has 32 heavy (non-hydrogen) atoms. The molecule has 0 radical (unpaired) electrons. The second-order valence-electron chi connectivity index (χ2n) is 8.58. The zero-order chi connectivity index (χ0) is 21.7. The van der Waals surface area contributed by atoms with Gasteiger partial charge in [0.15, 0.2) is 0 Å². The predicted molar refractivity (Wildman–Crippen MR) is 134 cm³/mol. The van der Waals surface area contributed by atoms with Crippen molar-refractivity contribution in [2.75, 3.05) is 6.61 Å². The van der Waals surface area contributed by atoms with Crippen molar-refractivity contribution in [3.63, 3.8) is 0 Å². The highest BCUT2D eigenvalue weighted by Gasteiger charge is 2.25. The second-order valence-corrected chi connectivity index (χ2v) is 9.70. The molecule has 1 atom stereocenters. The minimum atomic E-state index is -0.244. The first-order valence-corrected chi connectivity index (χ1v) is 12.2. The van der Waals surface area contributed by atoms with E-state index in [-0.39, 0.29) is 5.97 Å². The maximum Gasteiger partial charge on any atom is 0.338 e. The fourth-order valence-corrected chi connectivity index (χ4v) is 6.53. The highest BCUT2D eigenvalue weighted by Crippen LogP contribution is 2.44. The molecule has 0 amide bonds. The Morgan fingerprint density at radius 1 is 0.938 bits per heavy atom. The number of benzene rings is 4. The van der Waals surface area contributed by atoms with Crippen LogP contribution in [0, 0.1) is 0 Å². The molecule has 1 aliphatic rings. The Morgan fingerprint density at radius 3 is 2.69 bits per heavy atom. The predicted octanol–water partition coefficient (Wildman–Crippen LogP) is 7.85. The number of ether oxygens (including phenoxy) is 1. The van der Waals surface area contributed by atoms with E-state index in [9.17, 15) is 4.79 Å². The van der Waals surface area contributed by atoms with Gasteiger partial charge in [0.25, 0.3) is 0 Å². The molecule has 0 bridgehead atoms. The molecule has 1 heterocycles. The lowest BCUT2D eigenvalue weighted by molar-refractivity contribution is 0.0526. The van der Waals surface area contributed by atoms with Crippen LogP contribution in [0.2, 0.25) is 0 Å². The summed E-state index contributed by atoms with van der Waals surface area (Å²) in [6, 6.07) is 26.2. The molecule has 0 saturated carbocycles. The number of hydrogen-bond acceptors (Lipinski definition) is 3. The van der Waals surface area contributed by atoms with E-state index in [1.54, 1.807) is 0 Å². The van der Waals surface area contributed by atoms with Crippen LogP contribution in [0.15, 0.2) is 72.8 Å². The Balaban J connectivity index is 1.45. The van der Waals surface area contributed by atoms with E-state index in [1.807, 2.05) is 30.4 Å². The maximum absolute atomic E-state index is 12.2. The smallest absolute Gasteiger partial charge is 0.338 e. The number of rotatable bonds is 3. The van der Waals surface area contributed by atoms with E-state index in [0.29, 0.717) is 18.1 Å². The first kappa shape index (κ1) is 19.5. The molecule has 2 nitrogen and oxygen atoms in total. The minimum absolute atomic E-state index is 0.244. The van der Waals surface area contributed by atoms with E-state index in [0.717, 1.165) is 11.1 Å². The minimum Gasteiger partial charge on any atom is -0.462 e. The Morgan fingerprint density at radius 2 is 1.78 bits per heavy atom. The summed E-state index contributed by atoms with van der Waals surface area (Å²) in [5.74, 6) is 0.170. The lowest BCUT2D eigenvalue weighted by Gasteiger charge is -2.26. The second kappa shape index (κ2) is 7.75. The number of carbonyl (C=O) groups is 1. The van der Waals surface area contributed by atoms with E-state index in [2.05, 4.69) is 60.7 Å².